The fourth-order valence-electron chi connectivity index (χ4n) is 2.43. The Morgan fingerprint density at radius 1 is 1.00 bits per heavy atom. The summed E-state index contributed by atoms with van der Waals surface area (Å²) in [5.41, 5.74) is 1.81. The first-order valence-corrected chi connectivity index (χ1v) is 9.96. The van der Waals surface area contributed by atoms with Crippen LogP contribution in [0.25, 0.3) is 0 Å². The van der Waals surface area contributed by atoms with Gasteiger partial charge in [0.25, 0.3) is 0 Å². The average Bonchev–Trinajstić information content (AvgIpc) is 2.62. The van der Waals surface area contributed by atoms with Gasteiger partial charge in [-0.15, -0.1) is 0 Å². The van der Waals surface area contributed by atoms with Crippen molar-refractivity contribution in [2.24, 2.45) is 0 Å². The third-order valence-electron chi connectivity index (χ3n) is 3.81. The smallest absolute Gasteiger partial charge is 0.244 e. The molecule has 0 aliphatic heterocycles. The zero-order chi connectivity index (χ0) is 20.9. The molecule has 0 aliphatic rings. The zero-order valence-electron chi connectivity index (χ0n) is 16.1. The minimum atomic E-state index is -3.97. The Bertz CT molecular complexity index is 972. The summed E-state index contributed by atoms with van der Waals surface area (Å²) in [7, 11) is -2.59. The number of amides is 2. The molecule has 0 radical (unpaired) electrons. The molecule has 2 aromatic carbocycles. The largest absolute Gasteiger partial charge is 0.495 e. The molecular formula is C19H23N3O5S. The van der Waals surface area contributed by atoms with E-state index in [0.717, 1.165) is 5.56 Å². The van der Waals surface area contributed by atoms with Crippen LogP contribution in [0.2, 0.25) is 0 Å². The van der Waals surface area contributed by atoms with Gasteiger partial charge in [-0.25, -0.2) is 8.42 Å². The van der Waals surface area contributed by atoms with Crippen molar-refractivity contribution in [1.82, 2.24) is 4.72 Å². The van der Waals surface area contributed by atoms with Gasteiger partial charge in [0.1, 0.15) is 10.6 Å². The predicted octanol–water partition coefficient (Wildman–Crippen LogP) is 2.27. The summed E-state index contributed by atoms with van der Waals surface area (Å²) in [5, 5.41) is 5.24. The van der Waals surface area contributed by atoms with Crippen molar-refractivity contribution in [3.05, 3.63) is 48.0 Å². The van der Waals surface area contributed by atoms with Crippen molar-refractivity contribution in [3.63, 3.8) is 0 Å². The van der Waals surface area contributed by atoms with Gasteiger partial charge in [-0.3, -0.25) is 9.59 Å². The van der Waals surface area contributed by atoms with Crippen molar-refractivity contribution in [2.45, 2.75) is 31.7 Å². The van der Waals surface area contributed by atoms with Gasteiger partial charge in [0.2, 0.25) is 21.8 Å². The quantitative estimate of drug-likeness (QED) is 0.654. The van der Waals surface area contributed by atoms with Crippen LogP contribution in [-0.2, 0) is 19.6 Å². The maximum Gasteiger partial charge on any atom is 0.244 e. The molecule has 0 aromatic heterocycles. The second kappa shape index (κ2) is 8.85. The highest BCUT2D eigenvalue weighted by Crippen LogP contribution is 2.24. The fourth-order valence-corrected chi connectivity index (χ4v) is 3.89. The lowest BCUT2D eigenvalue weighted by molar-refractivity contribution is -0.117. The van der Waals surface area contributed by atoms with Crippen LogP contribution in [0.1, 0.15) is 19.4 Å². The molecule has 0 spiro atoms. The summed E-state index contributed by atoms with van der Waals surface area (Å²) in [4.78, 5) is 23.4. The number of benzene rings is 2. The summed E-state index contributed by atoms with van der Waals surface area (Å²) in [6.45, 7) is 4.60. The number of carbonyl (C=O) groups excluding carboxylic acids is 2. The van der Waals surface area contributed by atoms with Crippen molar-refractivity contribution in [1.29, 1.82) is 0 Å². The average molecular weight is 405 g/mol. The number of sulfonamides is 1. The van der Waals surface area contributed by atoms with Crippen LogP contribution in [0.15, 0.2) is 47.4 Å². The molecule has 9 heteroatoms. The van der Waals surface area contributed by atoms with Crippen LogP contribution >= 0.6 is 0 Å². The Hall–Kier alpha value is -2.91. The summed E-state index contributed by atoms with van der Waals surface area (Å²) >= 11 is 0. The molecule has 0 heterocycles. The number of nitrogens with one attached hydrogen (secondary N) is 3. The van der Waals surface area contributed by atoms with Crippen molar-refractivity contribution >= 4 is 33.2 Å². The van der Waals surface area contributed by atoms with Crippen molar-refractivity contribution in [2.75, 3.05) is 17.7 Å². The predicted molar refractivity (Wildman–Crippen MR) is 107 cm³/mol. The number of hydrogen-bond acceptors (Lipinski definition) is 5. The molecule has 0 bridgehead atoms. The minimum Gasteiger partial charge on any atom is -0.495 e. The highest BCUT2D eigenvalue weighted by atomic mass is 32.2. The molecule has 150 valence electrons. The molecular weight excluding hydrogens is 382 g/mol. The fraction of sp³-hybridized carbons (Fsp3) is 0.263. The summed E-state index contributed by atoms with van der Waals surface area (Å²) < 4.78 is 32.8. The van der Waals surface area contributed by atoms with Gasteiger partial charge in [0.15, 0.2) is 0 Å². The lowest BCUT2D eigenvalue weighted by Gasteiger charge is -2.16. The first-order chi connectivity index (χ1) is 13.1. The molecule has 28 heavy (non-hydrogen) atoms. The molecule has 0 saturated heterocycles. The topological polar surface area (TPSA) is 114 Å². The number of carbonyl (C=O) groups is 2. The molecule has 2 amide bonds. The zero-order valence-corrected chi connectivity index (χ0v) is 16.9. The summed E-state index contributed by atoms with van der Waals surface area (Å²) in [6, 6.07) is 10.2. The van der Waals surface area contributed by atoms with E-state index in [2.05, 4.69) is 15.4 Å². The third-order valence-corrected chi connectivity index (χ3v) is 5.37. The number of hydrogen-bond donors (Lipinski definition) is 3. The van der Waals surface area contributed by atoms with E-state index >= 15 is 0 Å². The second-order valence-corrected chi connectivity index (χ2v) is 7.93. The molecule has 0 aliphatic carbocycles. The van der Waals surface area contributed by atoms with Crippen LogP contribution < -0.4 is 20.1 Å². The summed E-state index contributed by atoms with van der Waals surface area (Å²) in [5.74, 6) is -0.534. The SMILES string of the molecule is COc1ccc(C)cc1S(=O)(=O)N[C@@H](C)C(=O)Nc1ccc(NC(C)=O)cc1. The molecule has 1 atom stereocenters. The Labute approximate surface area is 164 Å². The standard InChI is InChI=1S/C19H23N3O5S/c1-12-5-10-17(27-4)18(11-12)28(25,26)22-13(2)19(24)21-16-8-6-15(7-9-16)20-14(3)23/h5-11,13,22H,1-4H3,(H,20,23)(H,21,24)/t13-/m0/s1. The van der Waals surface area contributed by atoms with Crippen LogP contribution in [-0.4, -0.2) is 33.4 Å². The monoisotopic (exact) mass is 405 g/mol. The van der Waals surface area contributed by atoms with Gasteiger partial charge >= 0.3 is 0 Å². The lowest BCUT2D eigenvalue weighted by atomic mass is 10.2. The van der Waals surface area contributed by atoms with E-state index in [1.807, 2.05) is 0 Å². The highest BCUT2D eigenvalue weighted by Gasteiger charge is 2.25. The van der Waals surface area contributed by atoms with E-state index in [1.165, 1.54) is 27.0 Å². The van der Waals surface area contributed by atoms with E-state index in [9.17, 15) is 18.0 Å². The number of anilines is 2. The number of rotatable bonds is 7. The van der Waals surface area contributed by atoms with Gasteiger partial charge in [0.05, 0.1) is 13.2 Å². The third kappa shape index (κ3) is 5.54. The molecule has 8 nitrogen and oxygen atoms in total. The number of ether oxygens (including phenoxy) is 1. The van der Waals surface area contributed by atoms with Crippen LogP contribution in [0.4, 0.5) is 11.4 Å². The van der Waals surface area contributed by atoms with Gasteiger partial charge in [0, 0.05) is 18.3 Å². The van der Waals surface area contributed by atoms with Gasteiger partial charge in [-0.2, -0.15) is 4.72 Å². The molecule has 3 N–H and O–H groups in total. The Morgan fingerprint density at radius 2 is 1.57 bits per heavy atom. The number of aryl methyl sites for hydroxylation is 1. The number of methoxy groups -OCH3 is 1. The first-order valence-electron chi connectivity index (χ1n) is 8.48. The second-order valence-electron chi connectivity index (χ2n) is 6.25. The van der Waals surface area contributed by atoms with Crippen LogP contribution in [0.5, 0.6) is 5.75 Å². The van der Waals surface area contributed by atoms with Gasteiger partial charge in [-0.1, -0.05) is 6.07 Å². The van der Waals surface area contributed by atoms with E-state index in [4.69, 9.17) is 4.74 Å². The maximum atomic E-state index is 12.7. The first kappa shape index (κ1) is 21.4. The Morgan fingerprint density at radius 3 is 2.11 bits per heavy atom. The Balaban J connectivity index is 2.09. The lowest BCUT2D eigenvalue weighted by Crippen LogP contribution is -2.41. The van der Waals surface area contributed by atoms with E-state index in [1.54, 1.807) is 43.3 Å². The highest BCUT2D eigenvalue weighted by molar-refractivity contribution is 7.89. The van der Waals surface area contributed by atoms with E-state index in [-0.39, 0.29) is 16.6 Å². The van der Waals surface area contributed by atoms with Crippen LogP contribution in [0, 0.1) is 6.92 Å². The molecule has 2 aromatic rings. The Kier molecular flexibility index (Phi) is 6.76. The molecule has 2 rings (SSSR count). The van der Waals surface area contributed by atoms with Crippen LogP contribution in [0.3, 0.4) is 0 Å². The van der Waals surface area contributed by atoms with E-state index in [0.29, 0.717) is 11.4 Å². The molecule has 0 unspecified atom stereocenters. The maximum absolute atomic E-state index is 12.7. The molecule has 0 saturated carbocycles. The van der Waals surface area contributed by atoms with Crippen molar-refractivity contribution < 1.29 is 22.7 Å². The van der Waals surface area contributed by atoms with Gasteiger partial charge < -0.3 is 15.4 Å². The summed E-state index contributed by atoms with van der Waals surface area (Å²) in [6.07, 6.45) is 0. The van der Waals surface area contributed by atoms with Crippen molar-refractivity contribution in [3.8, 4) is 5.75 Å². The minimum absolute atomic E-state index is 0.0330. The van der Waals surface area contributed by atoms with E-state index < -0.39 is 22.0 Å². The van der Waals surface area contributed by atoms with Gasteiger partial charge in [-0.05, 0) is 55.8 Å². The molecule has 0 fully saturated rings. The normalized spacial score (nSPS) is 12.1.